The fraction of sp³-hybridized carbons (Fsp3) is 0.111. The van der Waals surface area contributed by atoms with Crippen molar-refractivity contribution in [2.45, 2.75) is 10.9 Å². The molecule has 82 valence electrons. The van der Waals surface area contributed by atoms with Gasteiger partial charge >= 0.3 is 0 Å². The average Bonchev–Trinajstić information content (AvgIpc) is 2.77. The molecule has 0 aliphatic heterocycles. The summed E-state index contributed by atoms with van der Waals surface area (Å²) in [5.41, 5.74) is 0.871. The van der Waals surface area contributed by atoms with Crippen LogP contribution >= 0.6 is 23.1 Å². The van der Waals surface area contributed by atoms with Gasteiger partial charge in [0.05, 0.1) is 10.2 Å². The van der Waals surface area contributed by atoms with Crippen LogP contribution in [0, 0.1) is 0 Å². The lowest BCUT2D eigenvalue weighted by Crippen LogP contribution is -1.88. The lowest BCUT2D eigenvalue weighted by molar-refractivity contribution is 0.251. The molecule has 7 heteroatoms. The molecule has 0 unspecified atom stereocenters. The molecule has 1 aromatic carbocycles. The second-order valence-corrected chi connectivity index (χ2v) is 5.02. The Balaban J connectivity index is 2.30. The SMILES string of the molecule is FC(F)Sc1nnc2sc3ccccc3n12. The summed E-state index contributed by atoms with van der Waals surface area (Å²) >= 11 is 1.86. The van der Waals surface area contributed by atoms with E-state index in [0.717, 1.165) is 10.2 Å². The number of rotatable bonds is 2. The van der Waals surface area contributed by atoms with E-state index in [1.165, 1.54) is 11.3 Å². The standard InChI is InChI=1S/C9H5F2N3S2/c10-7(11)16-9-13-12-8-14(9)5-3-1-2-4-6(5)15-8/h1-4,7H. The zero-order valence-corrected chi connectivity index (χ0v) is 9.43. The van der Waals surface area contributed by atoms with Gasteiger partial charge in [0, 0.05) is 0 Å². The van der Waals surface area contributed by atoms with Gasteiger partial charge in [-0.3, -0.25) is 4.40 Å². The van der Waals surface area contributed by atoms with Crippen molar-refractivity contribution < 1.29 is 8.78 Å². The summed E-state index contributed by atoms with van der Waals surface area (Å²) in [7, 11) is 0. The highest BCUT2D eigenvalue weighted by Crippen LogP contribution is 2.31. The predicted octanol–water partition coefficient (Wildman–Crippen LogP) is 3.26. The molecule has 0 spiro atoms. The van der Waals surface area contributed by atoms with Crippen LogP contribution in [0.2, 0.25) is 0 Å². The molecule has 16 heavy (non-hydrogen) atoms. The highest BCUT2D eigenvalue weighted by Gasteiger charge is 2.16. The van der Waals surface area contributed by atoms with Crippen LogP contribution in [0.4, 0.5) is 8.78 Å². The van der Waals surface area contributed by atoms with Crippen molar-refractivity contribution in [3.05, 3.63) is 24.3 Å². The Bertz CT molecular complexity index is 646. The fourth-order valence-electron chi connectivity index (χ4n) is 1.51. The Labute approximate surface area is 97.1 Å². The first-order valence-corrected chi connectivity index (χ1v) is 6.13. The molecule has 0 amide bonds. The monoisotopic (exact) mass is 257 g/mol. The smallest absolute Gasteiger partial charge is 0.260 e. The summed E-state index contributed by atoms with van der Waals surface area (Å²) in [4.78, 5) is 0.643. The highest BCUT2D eigenvalue weighted by molar-refractivity contribution is 7.99. The number of nitrogens with zero attached hydrogens (tertiary/aromatic N) is 3. The van der Waals surface area contributed by atoms with Crippen LogP contribution in [-0.2, 0) is 0 Å². The zero-order chi connectivity index (χ0) is 11.1. The van der Waals surface area contributed by atoms with Crippen LogP contribution in [0.15, 0.2) is 29.4 Å². The molecule has 0 atom stereocenters. The third-order valence-corrected chi connectivity index (χ3v) is 3.77. The molecule has 0 fully saturated rings. The van der Waals surface area contributed by atoms with Crippen molar-refractivity contribution in [3.63, 3.8) is 0 Å². The van der Waals surface area contributed by atoms with Gasteiger partial charge in [-0.15, -0.1) is 10.2 Å². The van der Waals surface area contributed by atoms with Crippen molar-refractivity contribution >= 4 is 38.3 Å². The van der Waals surface area contributed by atoms with Crippen LogP contribution in [-0.4, -0.2) is 20.4 Å². The lowest BCUT2D eigenvalue weighted by Gasteiger charge is -1.96. The zero-order valence-electron chi connectivity index (χ0n) is 7.80. The van der Waals surface area contributed by atoms with E-state index in [0.29, 0.717) is 16.7 Å². The number of thiazole rings is 1. The molecule has 3 rings (SSSR count). The topological polar surface area (TPSA) is 30.2 Å². The second kappa shape index (κ2) is 3.67. The van der Waals surface area contributed by atoms with Crippen LogP contribution in [0.5, 0.6) is 0 Å². The number of thioether (sulfide) groups is 1. The predicted molar refractivity (Wildman–Crippen MR) is 60.2 cm³/mol. The molecule has 0 saturated carbocycles. The fourth-order valence-corrected chi connectivity index (χ4v) is 3.07. The summed E-state index contributed by atoms with van der Waals surface area (Å²) in [6.45, 7) is 0. The quantitative estimate of drug-likeness (QED) is 0.660. The van der Waals surface area contributed by atoms with Gasteiger partial charge in [0.25, 0.3) is 5.76 Å². The number of hydrogen-bond acceptors (Lipinski definition) is 4. The van der Waals surface area contributed by atoms with E-state index in [2.05, 4.69) is 10.2 Å². The molecular weight excluding hydrogens is 252 g/mol. The van der Waals surface area contributed by atoms with E-state index >= 15 is 0 Å². The molecule has 0 saturated heterocycles. The summed E-state index contributed by atoms with van der Waals surface area (Å²) in [5, 5.41) is 7.88. The maximum absolute atomic E-state index is 12.3. The van der Waals surface area contributed by atoms with Gasteiger partial charge in [0.1, 0.15) is 0 Å². The van der Waals surface area contributed by atoms with Crippen molar-refractivity contribution in [2.24, 2.45) is 0 Å². The summed E-state index contributed by atoms with van der Waals surface area (Å²) < 4.78 is 27.3. The van der Waals surface area contributed by atoms with E-state index in [9.17, 15) is 8.78 Å². The van der Waals surface area contributed by atoms with Crippen LogP contribution in [0.1, 0.15) is 0 Å². The number of hydrogen-bond donors (Lipinski definition) is 0. The molecule has 3 aromatic rings. The van der Waals surface area contributed by atoms with Crippen molar-refractivity contribution in [1.82, 2.24) is 14.6 Å². The van der Waals surface area contributed by atoms with Crippen LogP contribution in [0.25, 0.3) is 15.2 Å². The Morgan fingerprint density at radius 3 is 2.88 bits per heavy atom. The Morgan fingerprint density at radius 1 is 1.25 bits per heavy atom. The average molecular weight is 257 g/mol. The lowest BCUT2D eigenvalue weighted by atomic mass is 10.3. The normalized spacial score (nSPS) is 11.9. The third kappa shape index (κ3) is 1.47. The first-order chi connectivity index (χ1) is 7.75. The molecule has 0 bridgehead atoms. The van der Waals surface area contributed by atoms with E-state index in [4.69, 9.17) is 0 Å². The minimum absolute atomic E-state index is 0.238. The van der Waals surface area contributed by atoms with Gasteiger partial charge in [0.15, 0.2) is 0 Å². The first kappa shape index (κ1) is 9.98. The van der Waals surface area contributed by atoms with E-state index in [1.807, 2.05) is 24.3 Å². The summed E-state index contributed by atoms with van der Waals surface area (Å²) in [5.74, 6) is -2.48. The Hall–Kier alpha value is -1.21. The minimum Gasteiger partial charge on any atom is -0.260 e. The number of para-hydroxylation sites is 1. The van der Waals surface area contributed by atoms with Gasteiger partial charge < -0.3 is 0 Å². The Kier molecular flexibility index (Phi) is 2.29. The molecule has 2 heterocycles. The van der Waals surface area contributed by atoms with Gasteiger partial charge in [-0.2, -0.15) is 8.78 Å². The third-order valence-electron chi connectivity index (χ3n) is 2.11. The number of aromatic nitrogens is 3. The van der Waals surface area contributed by atoms with Gasteiger partial charge in [0.2, 0.25) is 10.1 Å². The van der Waals surface area contributed by atoms with Crippen molar-refractivity contribution in [1.29, 1.82) is 0 Å². The van der Waals surface area contributed by atoms with Gasteiger partial charge in [-0.25, -0.2) is 0 Å². The number of fused-ring (bicyclic) bond motifs is 3. The molecule has 2 aromatic heterocycles. The van der Waals surface area contributed by atoms with Crippen molar-refractivity contribution in [3.8, 4) is 0 Å². The molecule has 3 nitrogen and oxygen atoms in total. The molecule has 0 radical (unpaired) electrons. The van der Waals surface area contributed by atoms with Gasteiger partial charge in [-0.05, 0) is 23.9 Å². The van der Waals surface area contributed by atoms with Crippen molar-refractivity contribution in [2.75, 3.05) is 0 Å². The van der Waals surface area contributed by atoms with E-state index < -0.39 is 5.76 Å². The minimum atomic E-state index is -2.48. The summed E-state index contributed by atoms with van der Waals surface area (Å²) in [6.07, 6.45) is 0. The largest absolute Gasteiger partial charge is 0.291 e. The number of benzene rings is 1. The van der Waals surface area contributed by atoms with E-state index in [-0.39, 0.29) is 5.16 Å². The van der Waals surface area contributed by atoms with Gasteiger partial charge in [-0.1, -0.05) is 23.5 Å². The number of alkyl halides is 2. The number of halogens is 2. The van der Waals surface area contributed by atoms with Crippen LogP contribution < -0.4 is 0 Å². The molecule has 0 aliphatic rings. The highest BCUT2D eigenvalue weighted by atomic mass is 32.2. The maximum Gasteiger partial charge on any atom is 0.291 e. The molecule has 0 N–H and O–H groups in total. The molecular formula is C9H5F2N3S2. The van der Waals surface area contributed by atoms with E-state index in [1.54, 1.807) is 4.40 Å². The summed E-state index contributed by atoms with van der Waals surface area (Å²) in [6, 6.07) is 7.58. The maximum atomic E-state index is 12.3. The Morgan fingerprint density at radius 2 is 2.06 bits per heavy atom. The first-order valence-electron chi connectivity index (χ1n) is 4.43. The van der Waals surface area contributed by atoms with Crippen LogP contribution in [0.3, 0.4) is 0 Å². The second-order valence-electron chi connectivity index (χ2n) is 3.05. The molecule has 0 aliphatic carbocycles.